The van der Waals surface area contributed by atoms with Crippen molar-refractivity contribution in [1.29, 1.82) is 0 Å². The Hall–Kier alpha value is -1.28. The van der Waals surface area contributed by atoms with Crippen molar-refractivity contribution < 1.29 is 8.42 Å². The van der Waals surface area contributed by atoms with Crippen LogP contribution in [0, 0.1) is 6.92 Å². The normalized spacial score (nSPS) is 11.7. The van der Waals surface area contributed by atoms with E-state index in [1.165, 1.54) is 0 Å². The lowest BCUT2D eigenvalue weighted by atomic mass is 10.3. The molecule has 110 valence electrons. The Morgan fingerprint density at radius 3 is 2.63 bits per heavy atom. The van der Waals surface area contributed by atoms with Crippen molar-refractivity contribution in [3.8, 4) is 0 Å². The zero-order valence-corrected chi connectivity index (χ0v) is 12.5. The van der Waals surface area contributed by atoms with Crippen LogP contribution in [0.5, 0.6) is 0 Å². The first kappa shape index (κ1) is 15.8. The molecule has 0 radical (unpaired) electrons. The second-order valence-corrected chi connectivity index (χ2v) is 6.35. The highest BCUT2D eigenvalue weighted by molar-refractivity contribution is 7.88. The van der Waals surface area contributed by atoms with Gasteiger partial charge in [-0.1, -0.05) is 6.92 Å². The number of nitrogen functional groups attached to an aromatic ring is 1. The third kappa shape index (κ3) is 5.07. The van der Waals surface area contributed by atoms with Gasteiger partial charge in [-0.15, -0.1) is 0 Å². The van der Waals surface area contributed by atoms with Crippen molar-refractivity contribution in [2.75, 3.05) is 30.4 Å². The molecule has 4 N–H and O–H groups in total. The van der Waals surface area contributed by atoms with Crippen molar-refractivity contribution in [1.82, 2.24) is 14.5 Å². The fourth-order valence-electron chi connectivity index (χ4n) is 1.71. The zero-order valence-electron chi connectivity index (χ0n) is 11.7. The van der Waals surface area contributed by atoms with Crippen LogP contribution in [0.1, 0.15) is 25.5 Å². The number of nitrogens with two attached hydrogens (primary N) is 1. The summed E-state index contributed by atoms with van der Waals surface area (Å²) in [5.41, 5.74) is 7.43. The predicted octanol–water partition coefficient (Wildman–Crippen LogP) is 0.535. The summed E-state index contributed by atoms with van der Waals surface area (Å²) in [5, 5.41) is 7.57. The number of hydrogen-bond acceptors (Lipinski definition) is 5. The second kappa shape index (κ2) is 6.76. The molecule has 0 spiro atoms. The third-order valence-electron chi connectivity index (χ3n) is 2.62. The van der Waals surface area contributed by atoms with E-state index in [9.17, 15) is 8.42 Å². The number of sulfonamides is 1. The molecule has 0 aliphatic heterocycles. The van der Waals surface area contributed by atoms with Crippen LogP contribution in [0.2, 0.25) is 0 Å². The number of aryl methyl sites for hydroxylation is 2. The summed E-state index contributed by atoms with van der Waals surface area (Å²) in [5.74, 6) is 0.818. The van der Waals surface area contributed by atoms with Gasteiger partial charge in [0.05, 0.1) is 17.6 Å². The van der Waals surface area contributed by atoms with Gasteiger partial charge in [-0.05, 0) is 19.8 Å². The van der Waals surface area contributed by atoms with Crippen LogP contribution >= 0.6 is 0 Å². The smallest absolute Gasteiger partial charge is 0.208 e. The Labute approximate surface area is 114 Å². The quantitative estimate of drug-likeness (QED) is 0.606. The number of hydrogen-bond donors (Lipinski definition) is 3. The van der Waals surface area contributed by atoms with Crippen LogP contribution in [0.25, 0.3) is 0 Å². The van der Waals surface area contributed by atoms with Gasteiger partial charge in [-0.2, -0.15) is 5.10 Å². The molecule has 1 rings (SSSR count). The zero-order chi connectivity index (χ0) is 14.5. The van der Waals surface area contributed by atoms with E-state index in [-0.39, 0.29) is 0 Å². The van der Waals surface area contributed by atoms with Crippen molar-refractivity contribution >= 4 is 21.5 Å². The number of anilines is 2. The van der Waals surface area contributed by atoms with E-state index in [2.05, 4.69) is 22.1 Å². The molecule has 0 saturated heterocycles. The molecule has 0 unspecified atom stereocenters. The van der Waals surface area contributed by atoms with Crippen LogP contribution < -0.4 is 15.8 Å². The summed E-state index contributed by atoms with van der Waals surface area (Å²) in [6.45, 7) is 5.81. The Morgan fingerprint density at radius 2 is 2.05 bits per heavy atom. The standard InChI is InChI=1S/C11H23N5O2S/c1-4-8-16-11(10(12)9(2)15-16)13-6-5-7-14-19(3,17)18/h13-14H,4-8,12H2,1-3H3. The average Bonchev–Trinajstić information content (AvgIpc) is 2.55. The largest absolute Gasteiger partial charge is 0.394 e. The Balaban J connectivity index is 2.48. The maximum atomic E-state index is 10.9. The van der Waals surface area contributed by atoms with Crippen LogP contribution in [0.3, 0.4) is 0 Å². The van der Waals surface area contributed by atoms with Crippen molar-refractivity contribution in [2.24, 2.45) is 0 Å². The molecule has 1 heterocycles. The fourth-order valence-corrected chi connectivity index (χ4v) is 2.22. The van der Waals surface area contributed by atoms with Crippen LogP contribution in [-0.2, 0) is 16.6 Å². The molecule has 0 amide bonds. The molecule has 7 nitrogen and oxygen atoms in total. The van der Waals surface area contributed by atoms with E-state index in [0.717, 1.165) is 30.7 Å². The van der Waals surface area contributed by atoms with Crippen molar-refractivity contribution in [3.05, 3.63) is 5.69 Å². The highest BCUT2D eigenvalue weighted by Crippen LogP contribution is 2.22. The number of nitrogens with one attached hydrogen (secondary N) is 2. The molecule has 0 fully saturated rings. The molecule has 0 bridgehead atoms. The number of nitrogens with zero attached hydrogens (tertiary/aromatic N) is 2. The molecular weight excluding hydrogens is 266 g/mol. The van der Waals surface area contributed by atoms with Gasteiger partial charge in [0.15, 0.2) is 0 Å². The van der Waals surface area contributed by atoms with Gasteiger partial charge in [-0.3, -0.25) is 0 Å². The Bertz CT molecular complexity index is 509. The maximum absolute atomic E-state index is 10.9. The second-order valence-electron chi connectivity index (χ2n) is 4.52. The molecule has 1 aromatic rings. The summed E-state index contributed by atoms with van der Waals surface area (Å²) < 4.78 is 26.1. The van der Waals surface area contributed by atoms with E-state index in [1.54, 1.807) is 0 Å². The van der Waals surface area contributed by atoms with Crippen LogP contribution in [-0.4, -0.2) is 37.5 Å². The van der Waals surface area contributed by atoms with E-state index in [0.29, 0.717) is 25.2 Å². The molecule has 0 atom stereocenters. The van der Waals surface area contributed by atoms with Gasteiger partial charge in [0.25, 0.3) is 0 Å². The van der Waals surface area contributed by atoms with E-state index in [4.69, 9.17) is 5.73 Å². The monoisotopic (exact) mass is 289 g/mol. The van der Waals surface area contributed by atoms with E-state index < -0.39 is 10.0 Å². The average molecular weight is 289 g/mol. The first-order chi connectivity index (χ1) is 8.85. The van der Waals surface area contributed by atoms with E-state index >= 15 is 0 Å². The number of rotatable bonds is 8. The van der Waals surface area contributed by atoms with Gasteiger partial charge in [0, 0.05) is 19.6 Å². The van der Waals surface area contributed by atoms with Gasteiger partial charge in [0.1, 0.15) is 5.82 Å². The van der Waals surface area contributed by atoms with Gasteiger partial charge in [-0.25, -0.2) is 17.8 Å². The molecule has 0 saturated carbocycles. The van der Waals surface area contributed by atoms with Crippen molar-refractivity contribution in [2.45, 2.75) is 33.2 Å². The van der Waals surface area contributed by atoms with Gasteiger partial charge >= 0.3 is 0 Å². The number of aromatic nitrogens is 2. The third-order valence-corrected chi connectivity index (χ3v) is 3.35. The van der Waals surface area contributed by atoms with Gasteiger partial charge < -0.3 is 11.1 Å². The summed E-state index contributed by atoms with van der Waals surface area (Å²) in [4.78, 5) is 0. The van der Waals surface area contributed by atoms with E-state index in [1.807, 2.05) is 11.6 Å². The van der Waals surface area contributed by atoms with Gasteiger partial charge in [0.2, 0.25) is 10.0 Å². The highest BCUT2D eigenvalue weighted by Gasteiger charge is 2.11. The lowest BCUT2D eigenvalue weighted by Gasteiger charge is -2.10. The summed E-state index contributed by atoms with van der Waals surface area (Å²) in [7, 11) is -3.11. The maximum Gasteiger partial charge on any atom is 0.208 e. The topological polar surface area (TPSA) is 102 Å². The fraction of sp³-hybridized carbons (Fsp3) is 0.727. The minimum absolute atomic E-state index is 0.409. The predicted molar refractivity (Wildman–Crippen MR) is 77.6 cm³/mol. The molecule has 1 aromatic heterocycles. The summed E-state index contributed by atoms with van der Waals surface area (Å²) in [6, 6.07) is 0. The molecule has 0 aliphatic carbocycles. The molecule has 0 aliphatic rings. The lowest BCUT2D eigenvalue weighted by molar-refractivity contribution is 0.585. The highest BCUT2D eigenvalue weighted by atomic mass is 32.2. The molecular formula is C11H23N5O2S. The van der Waals surface area contributed by atoms with Crippen LogP contribution in [0.4, 0.5) is 11.5 Å². The SMILES string of the molecule is CCCn1nc(C)c(N)c1NCCCNS(C)(=O)=O. The first-order valence-electron chi connectivity index (χ1n) is 6.36. The Morgan fingerprint density at radius 1 is 1.37 bits per heavy atom. The van der Waals surface area contributed by atoms with Crippen molar-refractivity contribution in [3.63, 3.8) is 0 Å². The summed E-state index contributed by atoms with van der Waals surface area (Å²) in [6.07, 6.45) is 2.81. The minimum atomic E-state index is -3.11. The first-order valence-corrected chi connectivity index (χ1v) is 8.25. The Kier molecular flexibility index (Phi) is 5.61. The van der Waals surface area contributed by atoms with Crippen LogP contribution in [0.15, 0.2) is 0 Å². The lowest BCUT2D eigenvalue weighted by Crippen LogP contribution is -2.24. The summed E-state index contributed by atoms with van der Waals surface area (Å²) >= 11 is 0. The minimum Gasteiger partial charge on any atom is -0.394 e. The molecule has 19 heavy (non-hydrogen) atoms. The molecule has 8 heteroatoms. The molecule has 0 aromatic carbocycles.